The molecule has 0 fully saturated rings. The van der Waals surface area contributed by atoms with Crippen molar-refractivity contribution in [3.63, 3.8) is 0 Å². The summed E-state index contributed by atoms with van der Waals surface area (Å²) in [6, 6.07) is 10.1. The second kappa shape index (κ2) is 4.14. The molecule has 3 heteroatoms. The van der Waals surface area contributed by atoms with E-state index in [4.69, 9.17) is 17.3 Å². The Labute approximate surface area is 98.7 Å². The van der Waals surface area contributed by atoms with Crippen LogP contribution in [0.25, 0.3) is 11.1 Å². The Balaban J connectivity index is 2.56. The summed E-state index contributed by atoms with van der Waals surface area (Å²) in [5.74, 6) is -0.314. The zero-order valence-electron chi connectivity index (χ0n) is 8.80. The lowest BCUT2D eigenvalue weighted by atomic mass is 10.0. The van der Waals surface area contributed by atoms with Crippen molar-refractivity contribution in [2.45, 2.75) is 6.92 Å². The Morgan fingerprint density at radius 1 is 1.12 bits per heavy atom. The van der Waals surface area contributed by atoms with Crippen LogP contribution in [0.5, 0.6) is 0 Å². The van der Waals surface area contributed by atoms with Crippen LogP contribution in [0.3, 0.4) is 0 Å². The van der Waals surface area contributed by atoms with Crippen molar-refractivity contribution < 1.29 is 4.39 Å². The van der Waals surface area contributed by atoms with Gasteiger partial charge in [0, 0.05) is 16.3 Å². The monoisotopic (exact) mass is 235 g/mol. The molecule has 2 rings (SSSR count). The Kier molecular flexibility index (Phi) is 2.84. The van der Waals surface area contributed by atoms with Crippen molar-refractivity contribution in [3.05, 3.63) is 52.8 Å². The fourth-order valence-electron chi connectivity index (χ4n) is 1.55. The first-order chi connectivity index (χ1) is 7.58. The van der Waals surface area contributed by atoms with Crippen molar-refractivity contribution in [2.24, 2.45) is 0 Å². The first-order valence-corrected chi connectivity index (χ1v) is 5.27. The predicted molar refractivity (Wildman–Crippen MR) is 66.0 cm³/mol. The maximum atomic E-state index is 13.7. The fraction of sp³-hybridized carbons (Fsp3) is 0.0769. The second-order valence-corrected chi connectivity index (χ2v) is 4.13. The topological polar surface area (TPSA) is 26.0 Å². The number of halogens is 2. The minimum absolute atomic E-state index is 0.314. The highest BCUT2D eigenvalue weighted by Crippen LogP contribution is 2.27. The lowest BCUT2D eigenvalue weighted by molar-refractivity contribution is 0.631. The van der Waals surface area contributed by atoms with E-state index < -0.39 is 0 Å². The van der Waals surface area contributed by atoms with Crippen molar-refractivity contribution in [2.75, 3.05) is 5.73 Å². The van der Waals surface area contributed by atoms with E-state index >= 15 is 0 Å². The van der Waals surface area contributed by atoms with Crippen LogP contribution in [0.4, 0.5) is 10.1 Å². The summed E-state index contributed by atoms with van der Waals surface area (Å²) in [6.45, 7) is 1.86. The second-order valence-electron chi connectivity index (χ2n) is 3.70. The minimum atomic E-state index is -0.314. The number of nitrogen functional groups attached to an aromatic ring is 1. The van der Waals surface area contributed by atoms with Crippen molar-refractivity contribution in [1.82, 2.24) is 0 Å². The molecule has 0 aromatic heterocycles. The molecule has 0 heterocycles. The third-order valence-electron chi connectivity index (χ3n) is 2.51. The Bertz CT molecular complexity index is 520. The summed E-state index contributed by atoms with van der Waals surface area (Å²) in [6.07, 6.45) is 0. The molecule has 82 valence electrons. The van der Waals surface area contributed by atoms with Gasteiger partial charge < -0.3 is 5.73 Å². The maximum absolute atomic E-state index is 13.7. The number of aryl methyl sites for hydroxylation is 1. The summed E-state index contributed by atoms with van der Waals surface area (Å²) in [5.41, 5.74) is 8.31. The standard InChI is InChI=1S/C13H11ClFN/c1-8-6-11(12(15)7-13(8)16)9-2-4-10(14)5-3-9/h2-7H,16H2,1H3. The molecule has 1 nitrogen and oxygen atoms in total. The van der Waals surface area contributed by atoms with Gasteiger partial charge in [0.05, 0.1) is 0 Å². The first-order valence-electron chi connectivity index (χ1n) is 4.89. The Hall–Kier alpha value is -1.54. The zero-order chi connectivity index (χ0) is 11.7. The van der Waals surface area contributed by atoms with E-state index in [-0.39, 0.29) is 5.82 Å². The molecule has 0 radical (unpaired) electrons. The fourth-order valence-corrected chi connectivity index (χ4v) is 1.67. The average molecular weight is 236 g/mol. The Morgan fingerprint density at radius 3 is 2.38 bits per heavy atom. The van der Waals surface area contributed by atoms with E-state index in [1.807, 2.05) is 6.92 Å². The molecule has 2 N–H and O–H groups in total. The molecule has 0 saturated carbocycles. The highest BCUT2D eigenvalue weighted by atomic mass is 35.5. The summed E-state index contributed by atoms with van der Waals surface area (Å²) in [4.78, 5) is 0. The lowest BCUT2D eigenvalue weighted by Gasteiger charge is -2.07. The Morgan fingerprint density at radius 2 is 1.75 bits per heavy atom. The van der Waals surface area contributed by atoms with E-state index in [2.05, 4.69) is 0 Å². The molecule has 2 aromatic carbocycles. The van der Waals surface area contributed by atoms with Gasteiger partial charge in [0.2, 0.25) is 0 Å². The van der Waals surface area contributed by atoms with E-state index in [9.17, 15) is 4.39 Å². The van der Waals surface area contributed by atoms with E-state index in [0.29, 0.717) is 16.3 Å². The predicted octanol–water partition coefficient (Wildman–Crippen LogP) is 4.04. The molecule has 0 aliphatic heterocycles. The molecule has 0 spiro atoms. The van der Waals surface area contributed by atoms with Gasteiger partial charge >= 0.3 is 0 Å². The van der Waals surface area contributed by atoms with E-state index in [1.165, 1.54) is 6.07 Å². The molecule has 0 amide bonds. The van der Waals surface area contributed by atoms with Gasteiger partial charge in [0.1, 0.15) is 5.82 Å². The van der Waals surface area contributed by atoms with E-state index in [1.54, 1.807) is 30.3 Å². The smallest absolute Gasteiger partial charge is 0.133 e. The summed E-state index contributed by atoms with van der Waals surface area (Å²) in [7, 11) is 0. The molecule has 0 atom stereocenters. The zero-order valence-corrected chi connectivity index (χ0v) is 9.55. The van der Waals surface area contributed by atoms with Gasteiger partial charge in [0.25, 0.3) is 0 Å². The van der Waals surface area contributed by atoms with E-state index in [0.717, 1.165) is 11.1 Å². The maximum Gasteiger partial charge on any atom is 0.133 e. The molecule has 2 aromatic rings. The number of hydrogen-bond acceptors (Lipinski definition) is 1. The SMILES string of the molecule is Cc1cc(-c2ccc(Cl)cc2)c(F)cc1N. The van der Waals surface area contributed by atoms with Gasteiger partial charge in [0.15, 0.2) is 0 Å². The van der Waals surface area contributed by atoms with Crippen molar-refractivity contribution in [3.8, 4) is 11.1 Å². The average Bonchev–Trinajstić information content (AvgIpc) is 2.25. The largest absolute Gasteiger partial charge is 0.398 e. The van der Waals surface area contributed by atoms with Crippen LogP contribution in [0, 0.1) is 12.7 Å². The highest BCUT2D eigenvalue weighted by Gasteiger charge is 2.07. The lowest BCUT2D eigenvalue weighted by Crippen LogP contribution is -1.93. The van der Waals surface area contributed by atoms with Crippen molar-refractivity contribution >= 4 is 17.3 Å². The molecule has 0 bridgehead atoms. The van der Waals surface area contributed by atoms with Gasteiger partial charge in [-0.3, -0.25) is 0 Å². The molecule has 0 saturated heterocycles. The molecular weight excluding hydrogens is 225 g/mol. The quantitative estimate of drug-likeness (QED) is 0.742. The molecular formula is C13H11ClFN. The number of anilines is 1. The van der Waals surface area contributed by atoms with Gasteiger partial charge in [-0.05, 0) is 42.3 Å². The van der Waals surface area contributed by atoms with Crippen LogP contribution in [0.15, 0.2) is 36.4 Å². The van der Waals surface area contributed by atoms with Gasteiger partial charge in [-0.25, -0.2) is 4.39 Å². The van der Waals surface area contributed by atoms with Gasteiger partial charge in [-0.2, -0.15) is 0 Å². The third kappa shape index (κ3) is 2.02. The van der Waals surface area contributed by atoms with Crippen LogP contribution in [-0.2, 0) is 0 Å². The van der Waals surface area contributed by atoms with Gasteiger partial charge in [-0.1, -0.05) is 23.7 Å². The summed E-state index contributed by atoms with van der Waals surface area (Å²) in [5, 5.41) is 0.635. The normalized spacial score (nSPS) is 10.4. The third-order valence-corrected chi connectivity index (χ3v) is 2.76. The number of hydrogen-bond donors (Lipinski definition) is 1. The van der Waals surface area contributed by atoms with Gasteiger partial charge in [-0.15, -0.1) is 0 Å². The molecule has 0 aliphatic carbocycles. The summed E-state index contributed by atoms with van der Waals surface area (Å²) < 4.78 is 13.7. The number of nitrogens with two attached hydrogens (primary N) is 1. The molecule has 0 aliphatic rings. The van der Waals surface area contributed by atoms with Crippen LogP contribution >= 0.6 is 11.6 Å². The molecule has 16 heavy (non-hydrogen) atoms. The van der Waals surface area contributed by atoms with Crippen LogP contribution < -0.4 is 5.73 Å². The first kappa shape index (κ1) is 11.0. The minimum Gasteiger partial charge on any atom is -0.398 e. The van der Waals surface area contributed by atoms with Crippen LogP contribution in [0.1, 0.15) is 5.56 Å². The highest BCUT2D eigenvalue weighted by molar-refractivity contribution is 6.30. The number of rotatable bonds is 1. The van der Waals surface area contributed by atoms with Crippen molar-refractivity contribution in [1.29, 1.82) is 0 Å². The van der Waals surface area contributed by atoms with Crippen LogP contribution in [-0.4, -0.2) is 0 Å². The number of benzene rings is 2. The molecule has 0 unspecified atom stereocenters. The summed E-state index contributed by atoms with van der Waals surface area (Å²) >= 11 is 5.78. The van der Waals surface area contributed by atoms with Crippen LogP contribution in [0.2, 0.25) is 5.02 Å².